The van der Waals surface area contributed by atoms with E-state index in [1.54, 1.807) is 0 Å². The van der Waals surface area contributed by atoms with Gasteiger partial charge in [0.1, 0.15) is 12.4 Å². The lowest BCUT2D eigenvalue weighted by atomic mass is 10.1. The standard InChI is InChI=1S/C15H25N3O2.2ClH/c1-12(11-16-2)15(19)17-13-6-5-7-14(10-13)20-9-8-18(3)4;;/h5-7,10,12,16H,8-9,11H2,1-4H3,(H,17,19);2*1H. The van der Waals surface area contributed by atoms with Crippen LogP contribution in [0, 0.1) is 5.92 Å². The van der Waals surface area contributed by atoms with Crippen molar-refractivity contribution in [3.05, 3.63) is 24.3 Å². The molecule has 7 heteroatoms. The molecule has 128 valence electrons. The summed E-state index contributed by atoms with van der Waals surface area (Å²) < 4.78 is 5.64. The van der Waals surface area contributed by atoms with E-state index in [4.69, 9.17) is 4.74 Å². The first kappa shape index (κ1) is 23.3. The highest BCUT2D eigenvalue weighted by atomic mass is 35.5. The van der Waals surface area contributed by atoms with E-state index in [1.807, 2.05) is 52.3 Å². The first-order valence-corrected chi connectivity index (χ1v) is 6.86. The number of hydrogen-bond acceptors (Lipinski definition) is 4. The molecule has 0 bridgehead atoms. The minimum absolute atomic E-state index is 0. The van der Waals surface area contributed by atoms with Crippen LogP contribution in [0.2, 0.25) is 0 Å². The Morgan fingerprint density at radius 2 is 2.00 bits per heavy atom. The number of nitrogens with one attached hydrogen (secondary N) is 2. The summed E-state index contributed by atoms with van der Waals surface area (Å²) in [6.45, 7) is 4.03. The fourth-order valence-corrected chi connectivity index (χ4v) is 1.67. The number of anilines is 1. The summed E-state index contributed by atoms with van der Waals surface area (Å²) in [4.78, 5) is 14.0. The second-order valence-electron chi connectivity index (χ2n) is 5.13. The monoisotopic (exact) mass is 351 g/mol. The zero-order valence-electron chi connectivity index (χ0n) is 13.6. The van der Waals surface area contributed by atoms with Gasteiger partial charge in [-0.2, -0.15) is 0 Å². The molecule has 1 atom stereocenters. The van der Waals surface area contributed by atoms with Gasteiger partial charge in [-0.25, -0.2) is 0 Å². The highest BCUT2D eigenvalue weighted by molar-refractivity contribution is 5.92. The second kappa shape index (κ2) is 12.5. The molecular formula is C15H27Cl2N3O2. The van der Waals surface area contributed by atoms with Crippen LogP contribution in [-0.2, 0) is 4.79 Å². The maximum absolute atomic E-state index is 11.9. The van der Waals surface area contributed by atoms with E-state index in [0.717, 1.165) is 18.0 Å². The van der Waals surface area contributed by atoms with Crippen molar-refractivity contribution in [1.82, 2.24) is 10.2 Å². The van der Waals surface area contributed by atoms with Crippen molar-refractivity contribution in [3.63, 3.8) is 0 Å². The molecule has 0 fully saturated rings. The first-order chi connectivity index (χ1) is 9.52. The molecule has 0 saturated carbocycles. The lowest BCUT2D eigenvalue weighted by molar-refractivity contribution is -0.119. The number of amides is 1. The molecule has 0 radical (unpaired) electrons. The van der Waals surface area contributed by atoms with E-state index in [2.05, 4.69) is 15.5 Å². The topological polar surface area (TPSA) is 53.6 Å². The van der Waals surface area contributed by atoms with Gasteiger partial charge in [0.15, 0.2) is 0 Å². The molecule has 0 aliphatic heterocycles. The molecule has 1 rings (SSSR count). The number of carbonyl (C=O) groups excluding carboxylic acids is 1. The van der Waals surface area contributed by atoms with Crippen molar-refractivity contribution in [2.75, 3.05) is 46.2 Å². The lowest BCUT2D eigenvalue weighted by Crippen LogP contribution is -2.28. The van der Waals surface area contributed by atoms with Crippen LogP contribution in [0.15, 0.2) is 24.3 Å². The van der Waals surface area contributed by atoms with Gasteiger partial charge in [0.25, 0.3) is 0 Å². The number of ether oxygens (including phenoxy) is 1. The Morgan fingerprint density at radius 1 is 1.32 bits per heavy atom. The van der Waals surface area contributed by atoms with Crippen LogP contribution in [0.4, 0.5) is 5.69 Å². The Kier molecular flexibility index (Phi) is 13.2. The summed E-state index contributed by atoms with van der Waals surface area (Å²) in [6.07, 6.45) is 0. The van der Waals surface area contributed by atoms with Crippen LogP contribution < -0.4 is 15.4 Å². The molecule has 1 amide bonds. The Balaban J connectivity index is 0. The third-order valence-corrected chi connectivity index (χ3v) is 2.87. The number of carbonyl (C=O) groups is 1. The third-order valence-electron chi connectivity index (χ3n) is 2.87. The van der Waals surface area contributed by atoms with Crippen molar-refractivity contribution in [3.8, 4) is 5.75 Å². The Bertz CT molecular complexity index is 431. The predicted molar refractivity (Wildman–Crippen MR) is 96.7 cm³/mol. The van der Waals surface area contributed by atoms with Gasteiger partial charge in [-0.1, -0.05) is 13.0 Å². The number of halogens is 2. The quantitative estimate of drug-likeness (QED) is 0.754. The molecule has 2 N–H and O–H groups in total. The summed E-state index contributed by atoms with van der Waals surface area (Å²) in [5, 5.41) is 5.89. The van der Waals surface area contributed by atoms with Gasteiger partial charge in [-0.05, 0) is 33.3 Å². The van der Waals surface area contributed by atoms with Crippen LogP contribution >= 0.6 is 24.8 Å². The third kappa shape index (κ3) is 9.10. The van der Waals surface area contributed by atoms with Crippen molar-refractivity contribution in [1.29, 1.82) is 0 Å². The fourth-order valence-electron chi connectivity index (χ4n) is 1.67. The second-order valence-corrected chi connectivity index (χ2v) is 5.13. The van der Waals surface area contributed by atoms with Crippen LogP contribution in [0.3, 0.4) is 0 Å². The Hall–Kier alpha value is -1.01. The van der Waals surface area contributed by atoms with Crippen molar-refractivity contribution in [2.45, 2.75) is 6.92 Å². The summed E-state index contributed by atoms with van der Waals surface area (Å²) in [5.74, 6) is 0.703. The summed E-state index contributed by atoms with van der Waals surface area (Å²) in [6, 6.07) is 7.48. The zero-order chi connectivity index (χ0) is 15.0. The highest BCUT2D eigenvalue weighted by Gasteiger charge is 2.11. The van der Waals surface area contributed by atoms with E-state index in [1.165, 1.54) is 0 Å². The molecule has 1 aromatic carbocycles. The minimum Gasteiger partial charge on any atom is -0.492 e. The predicted octanol–water partition coefficient (Wildman–Crippen LogP) is 2.26. The molecule has 0 heterocycles. The number of likely N-dealkylation sites (N-methyl/N-ethyl adjacent to an activating group) is 1. The lowest BCUT2D eigenvalue weighted by Gasteiger charge is -2.14. The van der Waals surface area contributed by atoms with E-state index < -0.39 is 0 Å². The van der Waals surface area contributed by atoms with Gasteiger partial charge >= 0.3 is 0 Å². The average molecular weight is 352 g/mol. The van der Waals surface area contributed by atoms with Gasteiger partial charge in [0.05, 0.1) is 0 Å². The van der Waals surface area contributed by atoms with E-state index in [0.29, 0.717) is 13.2 Å². The Morgan fingerprint density at radius 3 is 2.59 bits per heavy atom. The van der Waals surface area contributed by atoms with E-state index in [-0.39, 0.29) is 36.6 Å². The SMILES string of the molecule is CNCC(C)C(=O)Nc1cccc(OCCN(C)C)c1.Cl.Cl. The average Bonchev–Trinajstić information content (AvgIpc) is 2.39. The number of benzene rings is 1. The number of rotatable bonds is 8. The summed E-state index contributed by atoms with van der Waals surface area (Å²) in [7, 11) is 5.84. The molecule has 1 aromatic rings. The van der Waals surface area contributed by atoms with E-state index in [9.17, 15) is 4.79 Å². The maximum atomic E-state index is 11.9. The van der Waals surface area contributed by atoms with Crippen molar-refractivity contribution >= 4 is 36.4 Å². The van der Waals surface area contributed by atoms with Crippen molar-refractivity contribution in [2.24, 2.45) is 5.92 Å². The molecule has 0 aromatic heterocycles. The summed E-state index contributed by atoms with van der Waals surface area (Å²) >= 11 is 0. The highest BCUT2D eigenvalue weighted by Crippen LogP contribution is 2.17. The normalized spacial score (nSPS) is 11.1. The molecule has 0 aliphatic carbocycles. The largest absolute Gasteiger partial charge is 0.492 e. The molecule has 22 heavy (non-hydrogen) atoms. The van der Waals surface area contributed by atoms with Crippen LogP contribution in [0.25, 0.3) is 0 Å². The van der Waals surface area contributed by atoms with Gasteiger partial charge in [0, 0.05) is 30.8 Å². The van der Waals surface area contributed by atoms with Crippen LogP contribution in [0.1, 0.15) is 6.92 Å². The zero-order valence-corrected chi connectivity index (χ0v) is 15.2. The number of nitrogens with zero attached hydrogens (tertiary/aromatic N) is 1. The van der Waals surface area contributed by atoms with Gasteiger partial charge in [0.2, 0.25) is 5.91 Å². The minimum atomic E-state index is -0.0710. The fraction of sp³-hybridized carbons (Fsp3) is 0.533. The molecule has 0 aliphatic rings. The van der Waals surface area contributed by atoms with Gasteiger partial charge in [-0.15, -0.1) is 24.8 Å². The van der Waals surface area contributed by atoms with Crippen LogP contribution in [-0.4, -0.2) is 51.6 Å². The van der Waals surface area contributed by atoms with Gasteiger partial charge in [-0.3, -0.25) is 4.79 Å². The molecule has 0 spiro atoms. The summed E-state index contributed by atoms with van der Waals surface area (Å²) in [5.41, 5.74) is 0.764. The number of hydrogen-bond donors (Lipinski definition) is 2. The first-order valence-electron chi connectivity index (χ1n) is 6.86. The molecule has 1 unspecified atom stereocenters. The molecular weight excluding hydrogens is 325 g/mol. The Labute approximate surface area is 145 Å². The maximum Gasteiger partial charge on any atom is 0.228 e. The van der Waals surface area contributed by atoms with Crippen molar-refractivity contribution < 1.29 is 9.53 Å². The smallest absolute Gasteiger partial charge is 0.228 e. The molecule has 0 saturated heterocycles. The van der Waals surface area contributed by atoms with E-state index >= 15 is 0 Å². The molecule has 5 nitrogen and oxygen atoms in total. The van der Waals surface area contributed by atoms with Crippen LogP contribution in [0.5, 0.6) is 5.75 Å². The van der Waals surface area contributed by atoms with Gasteiger partial charge < -0.3 is 20.3 Å².